The molecule has 1 aromatic carbocycles. The predicted molar refractivity (Wildman–Crippen MR) is 127 cm³/mol. The largest absolute Gasteiger partial charge is 0.416 e. The van der Waals surface area contributed by atoms with Crippen LogP contribution in [0.25, 0.3) is 10.1 Å². The molecule has 1 saturated heterocycles. The van der Waals surface area contributed by atoms with E-state index < -0.39 is 11.7 Å². The van der Waals surface area contributed by atoms with Gasteiger partial charge in [0.25, 0.3) is 0 Å². The highest BCUT2D eigenvalue weighted by Crippen LogP contribution is 2.40. The predicted octanol–water partition coefficient (Wildman–Crippen LogP) is 4.55. The average molecular weight is 478 g/mol. The first kappa shape index (κ1) is 22.7. The zero-order valence-electron chi connectivity index (χ0n) is 18.6. The van der Waals surface area contributed by atoms with Crippen molar-refractivity contribution in [1.29, 1.82) is 0 Å². The molecule has 1 N–H and O–H groups in total. The van der Waals surface area contributed by atoms with Crippen molar-refractivity contribution in [2.45, 2.75) is 25.6 Å². The van der Waals surface area contributed by atoms with Gasteiger partial charge in [0.05, 0.1) is 17.6 Å². The lowest BCUT2D eigenvalue weighted by Crippen LogP contribution is -2.47. The standard InChI is InChI=1S/C24H30F3N5S/c25-24(26,27)20-2-3-21-22(16-33-23(21)13-20)32-10-8-30(9-11-32)15-19-12-18(19)14-28-4-1-6-31-7-5-29-17-31/h2-3,5,7,13,16-19,28H,1,4,6,8-12,14-15H2/t18-,19-/m0/s1. The van der Waals surface area contributed by atoms with Crippen molar-refractivity contribution in [2.75, 3.05) is 50.7 Å². The second-order valence-corrected chi connectivity index (χ2v) is 10.1. The molecule has 1 aliphatic heterocycles. The summed E-state index contributed by atoms with van der Waals surface area (Å²) in [6.07, 6.45) is 3.82. The van der Waals surface area contributed by atoms with E-state index in [2.05, 4.69) is 24.7 Å². The van der Waals surface area contributed by atoms with Gasteiger partial charge in [-0.25, -0.2) is 4.98 Å². The lowest BCUT2D eigenvalue weighted by atomic mass is 10.1. The molecule has 9 heteroatoms. The number of imidazole rings is 1. The Morgan fingerprint density at radius 3 is 2.73 bits per heavy atom. The van der Waals surface area contributed by atoms with Crippen LogP contribution in [0.15, 0.2) is 42.3 Å². The van der Waals surface area contributed by atoms with Crippen molar-refractivity contribution in [3.05, 3.63) is 47.9 Å². The minimum atomic E-state index is -4.29. The van der Waals surface area contributed by atoms with E-state index in [0.29, 0.717) is 4.70 Å². The van der Waals surface area contributed by atoms with Gasteiger partial charge in [-0.05, 0) is 49.9 Å². The molecule has 0 amide bonds. The molecule has 0 spiro atoms. The number of nitrogens with one attached hydrogen (secondary N) is 1. The Hall–Kier alpha value is -2.10. The van der Waals surface area contributed by atoms with E-state index in [1.807, 2.05) is 24.1 Å². The molecule has 33 heavy (non-hydrogen) atoms. The number of piperazine rings is 1. The van der Waals surface area contributed by atoms with Gasteiger partial charge >= 0.3 is 6.18 Å². The quantitative estimate of drug-likeness (QED) is 0.459. The van der Waals surface area contributed by atoms with E-state index in [4.69, 9.17) is 0 Å². The fourth-order valence-electron chi connectivity index (χ4n) is 4.82. The Kier molecular flexibility index (Phi) is 6.62. The Bertz CT molecular complexity index is 1040. The molecule has 0 radical (unpaired) electrons. The van der Waals surface area contributed by atoms with Crippen molar-refractivity contribution in [3.8, 4) is 0 Å². The normalized spacial score (nSPS) is 21.7. The minimum Gasteiger partial charge on any atom is -0.368 e. The van der Waals surface area contributed by atoms with Crippen molar-refractivity contribution in [3.63, 3.8) is 0 Å². The summed E-state index contributed by atoms with van der Waals surface area (Å²) >= 11 is 1.40. The lowest BCUT2D eigenvalue weighted by Gasteiger charge is -2.36. The smallest absolute Gasteiger partial charge is 0.368 e. The third-order valence-corrected chi connectivity index (χ3v) is 7.83. The van der Waals surface area contributed by atoms with Crippen LogP contribution in [-0.2, 0) is 12.7 Å². The molecule has 178 valence electrons. The summed E-state index contributed by atoms with van der Waals surface area (Å²) < 4.78 is 41.8. The molecule has 1 aliphatic carbocycles. The van der Waals surface area contributed by atoms with Gasteiger partial charge in [0.15, 0.2) is 0 Å². The maximum atomic E-state index is 13.0. The molecule has 2 aliphatic rings. The molecule has 5 rings (SSSR count). The van der Waals surface area contributed by atoms with Crippen molar-refractivity contribution >= 4 is 27.1 Å². The number of hydrogen-bond acceptors (Lipinski definition) is 5. The van der Waals surface area contributed by atoms with E-state index >= 15 is 0 Å². The molecule has 2 aromatic heterocycles. The number of thiophene rings is 1. The maximum absolute atomic E-state index is 13.0. The molecular weight excluding hydrogens is 447 g/mol. The molecule has 0 bridgehead atoms. The molecule has 2 atom stereocenters. The van der Waals surface area contributed by atoms with Crippen LogP contribution in [0.2, 0.25) is 0 Å². The third kappa shape index (κ3) is 5.53. The number of halogens is 3. The molecule has 5 nitrogen and oxygen atoms in total. The highest BCUT2D eigenvalue weighted by molar-refractivity contribution is 7.17. The van der Waals surface area contributed by atoms with Crippen LogP contribution >= 0.6 is 11.3 Å². The van der Waals surface area contributed by atoms with Gasteiger partial charge in [0, 0.05) is 67.1 Å². The summed E-state index contributed by atoms with van der Waals surface area (Å²) in [5.41, 5.74) is 0.507. The van der Waals surface area contributed by atoms with Crippen molar-refractivity contribution in [1.82, 2.24) is 19.8 Å². The van der Waals surface area contributed by atoms with Gasteiger partial charge < -0.3 is 14.8 Å². The first-order valence-electron chi connectivity index (χ1n) is 11.7. The SMILES string of the molecule is FC(F)(F)c1ccc2c(N3CCN(C[C@@H]4C[C@H]4CNCCCn4ccnc4)CC3)csc2c1. The number of rotatable bonds is 9. The zero-order chi connectivity index (χ0) is 22.8. The minimum absolute atomic E-state index is 0.570. The average Bonchev–Trinajstić information content (AvgIpc) is 3.16. The molecule has 3 aromatic rings. The highest BCUT2D eigenvalue weighted by atomic mass is 32.1. The van der Waals surface area contributed by atoms with Crippen LogP contribution in [-0.4, -0.2) is 60.3 Å². The number of aromatic nitrogens is 2. The molecule has 2 fully saturated rings. The summed E-state index contributed by atoms with van der Waals surface area (Å²) in [7, 11) is 0. The van der Waals surface area contributed by atoms with Gasteiger partial charge in [-0.3, -0.25) is 4.90 Å². The second-order valence-electron chi connectivity index (χ2n) is 9.23. The van der Waals surface area contributed by atoms with Crippen molar-refractivity contribution in [2.24, 2.45) is 11.8 Å². The first-order valence-corrected chi connectivity index (χ1v) is 12.6. The zero-order valence-corrected chi connectivity index (χ0v) is 19.4. The van der Waals surface area contributed by atoms with Gasteiger partial charge in [0.2, 0.25) is 0 Å². The fourth-order valence-corrected chi connectivity index (χ4v) is 5.82. The van der Waals surface area contributed by atoms with Gasteiger partial charge in [0.1, 0.15) is 0 Å². The molecule has 1 saturated carbocycles. The fraction of sp³-hybridized carbons (Fsp3) is 0.542. The van der Waals surface area contributed by atoms with E-state index in [-0.39, 0.29) is 0 Å². The van der Waals surface area contributed by atoms with Crippen LogP contribution in [0.5, 0.6) is 0 Å². The van der Waals surface area contributed by atoms with Gasteiger partial charge in [-0.2, -0.15) is 13.2 Å². The molecular formula is C24H30F3N5S. The third-order valence-electron chi connectivity index (χ3n) is 6.89. The Labute approximate surface area is 196 Å². The Morgan fingerprint density at radius 1 is 1.12 bits per heavy atom. The lowest BCUT2D eigenvalue weighted by molar-refractivity contribution is -0.137. The molecule has 3 heterocycles. The van der Waals surface area contributed by atoms with E-state index in [0.717, 1.165) is 81.7 Å². The Balaban J connectivity index is 1.03. The number of benzene rings is 1. The van der Waals surface area contributed by atoms with E-state index in [9.17, 15) is 13.2 Å². The number of aryl methyl sites for hydroxylation is 1. The number of alkyl halides is 3. The van der Waals surface area contributed by atoms with E-state index in [1.54, 1.807) is 6.07 Å². The summed E-state index contributed by atoms with van der Waals surface area (Å²) in [6.45, 7) is 8.20. The van der Waals surface area contributed by atoms with Gasteiger partial charge in [-0.1, -0.05) is 6.07 Å². The van der Waals surface area contributed by atoms with Crippen LogP contribution in [0, 0.1) is 11.8 Å². The van der Waals surface area contributed by atoms with Crippen LogP contribution < -0.4 is 10.2 Å². The maximum Gasteiger partial charge on any atom is 0.416 e. The second kappa shape index (κ2) is 9.64. The summed E-state index contributed by atoms with van der Waals surface area (Å²) in [6, 6.07) is 4.11. The van der Waals surface area contributed by atoms with Crippen LogP contribution in [0.3, 0.4) is 0 Å². The summed E-state index contributed by atoms with van der Waals surface area (Å²) in [4.78, 5) is 8.95. The topological polar surface area (TPSA) is 36.3 Å². The number of nitrogens with zero attached hydrogens (tertiary/aromatic N) is 4. The van der Waals surface area contributed by atoms with E-state index in [1.165, 1.54) is 29.9 Å². The Morgan fingerprint density at radius 2 is 1.97 bits per heavy atom. The first-order chi connectivity index (χ1) is 16.0. The van der Waals surface area contributed by atoms with Crippen LogP contribution in [0.1, 0.15) is 18.4 Å². The van der Waals surface area contributed by atoms with Crippen LogP contribution in [0.4, 0.5) is 18.9 Å². The number of hydrogen-bond donors (Lipinski definition) is 1. The van der Waals surface area contributed by atoms with Gasteiger partial charge in [-0.15, -0.1) is 11.3 Å². The van der Waals surface area contributed by atoms with Crippen molar-refractivity contribution < 1.29 is 13.2 Å². The summed E-state index contributed by atoms with van der Waals surface area (Å²) in [5, 5.41) is 6.55. The monoisotopic (exact) mass is 477 g/mol. The highest BCUT2D eigenvalue weighted by Gasteiger charge is 2.38. The number of fused-ring (bicyclic) bond motifs is 1. The number of anilines is 1. The molecule has 0 unspecified atom stereocenters. The summed E-state index contributed by atoms with van der Waals surface area (Å²) in [5.74, 6) is 1.58.